The molecule has 5 rings (SSSR count). The Labute approximate surface area is 187 Å². The number of carbonyl (C=O) groups excluding carboxylic acids is 1. The van der Waals surface area contributed by atoms with Gasteiger partial charge in [0.2, 0.25) is 0 Å². The highest BCUT2D eigenvalue weighted by Gasteiger charge is 2.22. The Balaban J connectivity index is 1.46. The van der Waals surface area contributed by atoms with Gasteiger partial charge in [-0.25, -0.2) is 4.68 Å². The van der Waals surface area contributed by atoms with E-state index in [4.69, 9.17) is 4.52 Å². The van der Waals surface area contributed by atoms with E-state index in [1.54, 1.807) is 4.68 Å². The summed E-state index contributed by atoms with van der Waals surface area (Å²) in [5.74, 6) is 0.537. The van der Waals surface area contributed by atoms with Crippen LogP contribution in [-0.4, -0.2) is 32.1 Å². The number of nitrogens with zero attached hydrogens (tertiary/aromatic N) is 4. The van der Waals surface area contributed by atoms with E-state index in [-0.39, 0.29) is 11.9 Å². The van der Waals surface area contributed by atoms with Gasteiger partial charge in [0, 0.05) is 16.1 Å². The van der Waals surface area contributed by atoms with Crippen LogP contribution in [0, 0.1) is 6.92 Å². The van der Waals surface area contributed by atoms with E-state index in [9.17, 15) is 4.79 Å². The van der Waals surface area contributed by atoms with Gasteiger partial charge in [-0.1, -0.05) is 45.6 Å². The van der Waals surface area contributed by atoms with Crippen LogP contribution in [0.3, 0.4) is 0 Å². The Morgan fingerprint density at radius 3 is 2.68 bits per heavy atom. The summed E-state index contributed by atoms with van der Waals surface area (Å²) < 4.78 is 8.30. The normalized spacial score (nSPS) is 14.8. The molecule has 0 unspecified atom stereocenters. The zero-order chi connectivity index (χ0) is 21.4. The molecule has 158 valence electrons. The van der Waals surface area contributed by atoms with E-state index in [1.807, 2.05) is 49.4 Å². The van der Waals surface area contributed by atoms with Crippen LogP contribution in [0.15, 0.2) is 51.5 Å². The molecule has 0 spiro atoms. The van der Waals surface area contributed by atoms with Gasteiger partial charge in [-0.05, 0) is 62.2 Å². The van der Waals surface area contributed by atoms with Crippen LogP contribution in [0.5, 0.6) is 0 Å². The predicted molar refractivity (Wildman–Crippen MR) is 121 cm³/mol. The molecule has 1 fully saturated rings. The average Bonchev–Trinajstić information content (AvgIpc) is 3.38. The Morgan fingerprint density at radius 1 is 1.13 bits per heavy atom. The van der Waals surface area contributed by atoms with Gasteiger partial charge in [-0.15, -0.1) is 5.10 Å². The number of aromatic nitrogens is 4. The Bertz CT molecular complexity index is 1240. The first-order valence-corrected chi connectivity index (χ1v) is 11.3. The molecule has 2 aromatic heterocycles. The topological polar surface area (TPSA) is 85.8 Å². The summed E-state index contributed by atoms with van der Waals surface area (Å²) in [5, 5.41) is 16.6. The molecule has 2 aromatic carbocycles. The third-order valence-corrected chi connectivity index (χ3v) is 6.39. The van der Waals surface area contributed by atoms with Crippen molar-refractivity contribution >= 4 is 32.7 Å². The quantitative estimate of drug-likeness (QED) is 0.434. The summed E-state index contributed by atoms with van der Waals surface area (Å²) in [4.78, 5) is 12.8. The molecule has 8 heteroatoms. The first kappa shape index (κ1) is 19.9. The Morgan fingerprint density at radius 2 is 1.90 bits per heavy atom. The summed E-state index contributed by atoms with van der Waals surface area (Å²) in [6, 6.07) is 13.9. The van der Waals surface area contributed by atoms with E-state index < -0.39 is 0 Å². The van der Waals surface area contributed by atoms with Gasteiger partial charge in [0.15, 0.2) is 11.5 Å². The minimum absolute atomic E-state index is 0.155. The Kier molecular flexibility index (Phi) is 5.31. The van der Waals surface area contributed by atoms with Crippen LogP contribution in [0.4, 0.5) is 0 Å². The molecule has 31 heavy (non-hydrogen) atoms. The summed E-state index contributed by atoms with van der Waals surface area (Å²) in [7, 11) is 0. The number of nitrogens with one attached hydrogen (secondary N) is 1. The first-order chi connectivity index (χ1) is 15.1. The molecular formula is C23H22BrN5O2. The van der Waals surface area contributed by atoms with Crippen LogP contribution in [-0.2, 0) is 0 Å². The Hall–Kier alpha value is -3.00. The van der Waals surface area contributed by atoms with Crippen molar-refractivity contribution in [3.8, 4) is 17.0 Å². The van der Waals surface area contributed by atoms with Gasteiger partial charge in [0.25, 0.3) is 5.91 Å². The van der Waals surface area contributed by atoms with Crippen LogP contribution < -0.4 is 5.32 Å². The number of halogens is 1. The number of rotatable bonds is 4. The van der Waals surface area contributed by atoms with Crippen molar-refractivity contribution in [2.24, 2.45) is 0 Å². The van der Waals surface area contributed by atoms with Gasteiger partial charge in [0.1, 0.15) is 5.52 Å². The summed E-state index contributed by atoms with van der Waals surface area (Å²) in [5.41, 5.74) is 3.56. The summed E-state index contributed by atoms with van der Waals surface area (Å²) in [6.45, 7) is 1.86. The minimum atomic E-state index is -0.155. The standard InChI is InChI=1S/C23H22BrN5O2/c1-14-21(23(30)25-17-5-3-2-4-6-17)26-28-29(14)18-11-12-20-19(13-18)22(31-27-20)15-7-9-16(24)10-8-15/h7-13,17H,2-6H2,1H3,(H,25,30). The van der Waals surface area contributed by atoms with Crippen molar-refractivity contribution in [2.45, 2.75) is 45.1 Å². The molecule has 1 amide bonds. The van der Waals surface area contributed by atoms with E-state index in [0.717, 1.165) is 52.3 Å². The molecule has 0 atom stereocenters. The van der Waals surface area contributed by atoms with Crippen LogP contribution in [0.2, 0.25) is 0 Å². The molecule has 0 saturated heterocycles. The van der Waals surface area contributed by atoms with Crippen LogP contribution >= 0.6 is 15.9 Å². The molecule has 0 bridgehead atoms. The maximum atomic E-state index is 12.8. The van der Waals surface area contributed by atoms with Gasteiger partial charge >= 0.3 is 0 Å². The lowest BCUT2D eigenvalue weighted by Gasteiger charge is -2.22. The first-order valence-electron chi connectivity index (χ1n) is 10.5. The van der Waals surface area contributed by atoms with E-state index >= 15 is 0 Å². The second-order valence-corrected chi connectivity index (χ2v) is 8.88. The van der Waals surface area contributed by atoms with Gasteiger partial charge < -0.3 is 9.84 Å². The highest BCUT2D eigenvalue weighted by atomic mass is 79.9. The fraction of sp³-hybridized carbons (Fsp3) is 0.304. The van der Waals surface area contributed by atoms with Gasteiger partial charge in [-0.3, -0.25) is 4.79 Å². The number of carbonyl (C=O) groups is 1. The van der Waals surface area contributed by atoms with Crippen molar-refractivity contribution in [3.63, 3.8) is 0 Å². The predicted octanol–water partition coefficient (Wildman–Crippen LogP) is 5.21. The monoisotopic (exact) mass is 479 g/mol. The number of benzene rings is 2. The van der Waals surface area contributed by atoms with Crippen molar-refractivity contribution in [2.75, 3.05) is 0 Å². The molecule has 4 aromatic rings. The molecule has 0 aliphatic heterocycles. The fourth-order valence-corrected chi connectivity index (χ4v) is 4.42. The highest BCUT2D eigenvalue weighted by molar-refractivity contribution is 9.10. The van der Waals surface area contributed by atoms with Crippen LogP contribution in [0.1, 0.15) is 48.3 Å². The van der Waals surface area contributed by atoms with Crippen molar-refractivity contribution < 1.29 is 9.32 Å². The third-order valence-electron chi connectivity index (χ3n) is 5.86. The minimum Gasteiger partial charge on any atom is -0.355 e. The molecule has 1 aliphatic carbocycles. The largest absolute Gasteiger partial charge is 0.355 e. The van der Waals surface area contributed by atoms with E-state index in [2.05, 4.69) is 36.7 Å². The fourth-order valence-electron chi connectivity index (χ4n) is 4.16. The molecule has 7 nitrogen and oxygen atoms in total. The zero-order valence-electron chi connectivity index (χ0n) is 17.1. The summed E-state index contributed by atoms with van der Waals surface area (Å²) >= 11 is 3.46. The van der Waals surface area contributed by atoms with Crippen molar-refractivity contribution in [1.82, 2.24) is 25.5 Å². The van der Waals surface area contributed by atoms with E-state index in [0.29, 0.717) is 17.1 Å². The number of fused-ring (bicyclic) bond motifs is 1. The number of hydrogen-bond acceptors (Lipinski definition) is 5. The maximum absolute atomic E-state index is 12.8. The lowest BCUT2D eigenvalue weighted by atomic mass is 9.95. The van der Waals surface area contributed by atoms with Gasteiger partial charge in [-0.2, -0.15) is 0 Å². The van der Waals surface area contributed by atoms with Crippen LogP contribution in [0.25, 0.3) is 27.9 Å². The summed E-state index contributed by atoms with van der Waals surface area (Å²) in [6.07, 6.45) is 5.63. The maximum Gasteiger partial charge on any atom is 0.273 e. The van der Waals surface area contributed by atoms with Crippen molar-refractivity contribution in [3.05, 3.63) is 58.3 Å². The average molecular weight is 480 g/mol. The number of hydrogen-bond donors (Lipinski definition) is 1. The highest BCUT2D eigenvalue weighted by Crippen LogP contribution is 2.31. The lowest BCUT2D eigenvalue weighted by Crippen LogP contribution is -2.36. The second kappa shape index (κ2) is 8.26. The lowest BCUT2D eigenvalue weighted by molar-refractivity contribution is 0.0922. The molecule has 0 radical (unpaired) electrons. The molecule has 2 heterocycles. The molecule has 1 aliphatic rings. The molecule has 1 saturated carbocycles. The second-order valence-electron chi connectivity index (χ2n) is 7.96. The smallest absolute Gasteiger partial charge is 0.273 e. The number of amides is 1. The van der Waals surface area contributed by atoms with Gasteiger partial charge in [0.05, 0.1) is 16.8 Å². The molecular weight excluding hydrogens is 458 g/mol. The molecule has 1 N–H and O–H groups in total. The SMILES string of the molecule is Cc1c(C(=O)NC2CCCCC2)nnn1-c1ccc2noc(-c3ccc(Br)cc3)c2c1. The zero-order valence-corrected chi connectivity index (χ0v) is 18.7. The van der Waals surface area contributed by atoms with Crippen molar-refractivity contribution in [1.29, 1.82) is 0 Å². The third kappa shape index (κ3) is 3.87. The van der Waals surface area contributed by atoms with E-state index in [1.165, 1.54) is 6.42 Å².